The standard InChI is InChI=1S/C21H26ClN3O4/c1-6-29-21(27)25-17-9-7-8-16(13(17)3)23-14(4)20(26)24-18-10-12(2)15(22)11-19(18)28-5/h7-11,14,23H,6H2,1-5H3,(H,24,26)(H,25,27). The number of methoxy groups -OCH3 is 1. The zero-order valence-electron chi connectivity index (χ0n) is 17.2. The largest absolute Gasteiger partial charge is 0.495 e. The van der Waals surface area contributed by atoms with Gasteiger partial charge in [-0.3, -0.25) is 10.1 Å². The van der Waals surface area contributed by atoms with E-state index in [9.17, 15) is 9.59 Å². The minimum Gasteiger partial charge on any atom is -0.495 e. The first-order valence-corrected chi connectivity index (χ1v) is 9.59. The fourth-order valence-electron chi connectivity index (χ4n) is 2.67. The van der Waals surface area contributed by atoms with E-state index in [4.69, 9.17) is 21.1 Å². The molecule has 1 unspecified atom stereocenters. The van der Waals surface area contributed by atoms with Crippen molar-refractivity contribution in [2.24, 2.45) is 0 Å². The number of ether oxygens (including phenoxy) is 2. The average molecular weight is 420 g/mol. The summed E-state index contributed by atoms with van der Waals surface area (Å²) in [5.74, 6) is 0.242. The Morgan fingerprint density at radius 3 is 2.45 bits per heavy atom. The van der Waals surface area contributed by atoms with Crippen LogP contribution in [0.25, 0.3) is 0 Å². The van der Waals surface area contributed by atoms with Gasteiger partial charge in [-0.2, -0.15) is 0 Å². The fourth-order valence-corrected chi connectivity index (χ4v) is 2.83. The van der Waals surface area contributed by atoms with Gasteiger partial charge in [-0.1, -0.05) is 17.7 Å². The molecule has 0 aliphatic carbocycles. The van der Waals surface area contributed by atoms with Gasteiger partial charge in [0.05, 0.1) is 19.4 Å². The van der Waals surface area contributed by atoms with E-state index in [2.05, 4.69) is 16.0 Å². The summed E-state index contributed by atoms with van der Waals surface area (Å²) in [7, 11) is 1.52. The maximum atomic E-state index is 12.7. The van der Waals surface area contributed by atoms with Crippen molar-refractivity contribution >= 4 is 40.7 Å². The third-order valence-corrected chi connectivity index (χ3v) is 4.76. The van der Waals surface area contributed by atoms with Gasteiger partial charge in [0, 0.05) is 22.5 Å². The van der Waals surface area contributed by atoms with Gasteiger partial charge in [0.25, 0.3) is 0 Å². The zero-order chi connectivity index (χ0) is 21.6. The predicted octanol–water partition coefficient (Wildman–Crippen LogP) is 4.97. The molecule has 0 fully saturated rings. The normalized spacial score (nSPS) is 11.4. The highest BCUT2D eigenvalue weighted by Crippen LogP contribution is 2.31. The van der Waals surface area contributed by atoms with Crippen molar-refractivity contribution in [3.63, 3.8) is 0 Å². The summed E-state index contributed by atoms with van der Waals surface area (Å²) >= 11 is 6.12. The van der Waals surface area contributed by atoms with Crippen LogP contribution in [0.5, 0.6) is 5.75 Å². The average Bonchev–Trinajstić information content (AvgIpc) is 2.67. The first-order chi connectivity index (χ1) is 13.8. The lowest BCUT2D eigenvalue weighted by molar-refractivity contribution is -0.116. The number of rotatable bonds is 7. The van der Waals surface area contributed by atoms with Crippen molar-refractivity contribution in [3.8, 4) is 5.75 Å². The van der Waals surface area contributed by atoms with Crippen molar-refractivity contribution < 1.29 is 19.1 Å². The molecule has 7 nitrogen and oxygen atoms in total. The van der Waals surface area contributed by atoms with Gasteiger partial charge < -0.3 is 20.1 Å². The first-order valence-electron chi connectivity index (χ1n) is 9.21. The number of hydrogen-bond donors (Lipinski definition) is 3. The Labute approximate surface area is 175 Å². The molecule has 29 heavy (non-hydrogen) atoms. The van der Waals surface area contributed by atoms with Crippen LogP contribution in [0.2, 0.25) is 5.02 Å². The number of aryl methyl sites for hydroxylation is 1. The molecule has 2 aromatic carbocycles. The Hall–Kier alpha value is -2.93. The lowest BCUT2D eigenvalue weighted by atomic mass is 10.1. The van der Waals surface area contributed by atoms with E-state index < -0.39 is 12.1 Å². The first kappa shape index (κ1) is 22.4. The summed E-state index contributed by atoms with van der Waals surface area (Å²) in [4.78, 5) is 24.4. The van der Waals surface area contributed by atoms with E-state index in [0.29, 0.717) is 22.1 Å². The van der Waals surface area contributed by atoms with Crippen molar-refractivity contribution in [1.82, 2.24) is 0 Å². The minimum absolute atomic E-state index is 0.242. The fraction of sp³-hybridized carbons (Fsp3) is 0.333. The highest BCUT2D eigenvalue weighted by molar-refractivity contribution is 6.31. The minimum atomic E-state index is -0.549. The van der Waals surface area contributed by atoms with Crippen LogP contribution in [0.3, 0.4) is 0 Å². The summed E-state index contributed by atoms with van der Waals surface area (Å²) < 4.78 is 10.2. The number of nitrogens with one attached hydrogen (secondary N) is 3. The highest BCUT2D eigenvalue weighted by atomic mass is 35.5. The lowest BCUT2D eigenvalue weighted by Crippen LogP contribution is -2.32. The molecule has 3 N–H and O–H groups in total. The molecule has 0 heterocycles. The molecule has 2 aromatic rings. The SMILES string of the molecule is CCOC(=O)Nc1cccc(NC(C)C(=O)Nc2cc(C)c(Cl)cc2OC)c1C. The van der Waals surface area contributed by atoms with Crippen LogP contribution in [0.15, 0.2) is 30.3 Å². The number of anilines is 3. The Morgan fingerprint density at radius 1 is 1.10 bits per heavy atom. The predicted molar refractivity (Wildman–Crippen MR) is 116 cm³/mol. The smallest absolute Gasteiger partial charge is 0.411 e. The molecule has 0 saturated heterocycles. The summed E-state index contributed by atoms with van der Waals surface area (Å²) in [5.41, 5.74) is 3.50. The molecule has 0 aromatic heterocycles. The number of carbonyl (C=O) groups excluding carboxylic acids is 2. The second-order valence-corrected chi connectivity index (χ2v) is 6.89. The molecule has 156 valence electrons. The van der Waals surface area contributed by atoms with E-state index in [1.165, 1.54) is 7.11 Å². The van der Waals surface area contributed by atoms with Crippen LogP contribution >= 0.6 is 11.6 Å². The number of benzene rings is 2. The van der Waals surface area contributed by atoms with E-state index in [-0.39, 0.29) is 12.5 Å². The molecule has 2 rings (SSSR count). The monoisotopic (exact) mass is 419 g/mol. The molecule has 1 atom stereocenters. The van der Waals surface area contributed by atoms with Gasteiger partial charge >= 0.3 is 6.09 Å². The second-order valence-electron chi connectivity index (χ2n) is 6.48. The van der Waals surface area contributed by atoms with Crippen LogP contribution in [0.1, 0.15) is 25.0 Å². The van der Waals surface area contributed by atoms with Gasteiger partial charge in [0.15, 0.2) is 0 Å². The van der Waals surface area contributed by atoms with Gasteiger partial charge in [-0.15, -0.1) is 0 Å². The second kappa shape index (κ2) is 10.0. The zero-order valence-corrected chi connectivity index (χ0v) is 17.9. The number of halogens is 1. The Balaban J connectivity index is 2.12. The number of hydrogen-bond acceptors (Lipinski definition) is 5. The molecule has 2 amide bonds. The van der Waals surface area contributed by atoms with Crippen LogP contribution in [-0.4, -0.2) is 31.8 Å². The van der Waals surface area contributed by atoms with Crippen molar-refractivity contribution in [2.75, 3.05) is 29.7 Å². The molecule has 0 spiro atoms. The molecule has 8 heteroatoms. The third kappa shape index (κ3) is 5.77. The van der Waals surface area contributed by atoms with Gasteiger partial charge in [0.2, 0.25) is 5.91 Å². The van der Waals surface area contributed by atoms with Crippen molar-refractivity contribution in [2.45, 2.75) is 33.7 Å². The molecule has 0 aliphatic rings. The van der Waals surface area contributed by atoms with E-state index in [1.807, 2.05) is 19.9 Å². The van der Waals surface area contributed by atoms with E-state index in [1.54, 1.807) is 38.1 Å². The van der Waals surface area contributed by atoms with Crippen molar-refractivity contribution in [3.05, 3.63) is 46.5 Å². The van der Waals surface area contributed by atoms with E-state index in [0.717, 1.165) is 16.8 Å². The molecule has 0 bridgehead atoms. The van der Waals surface area contributed by atoms with Crippen LogP contribution in [0.4, 0.5) is 21.9 Å². The van der Waals surface area contributed by atoms with Gasteiger partial charge in [-0.25, -0.2) is 4.79 Å². The quantitative estimate of drug-likeness (QED) is 0.589. The third-order valence-electron chi connectivity index (χ3n) is 4.35. The molecule has 0 radical (unpaired) electrons. The Morgan fingerprint density at radius 2 is 1.79 bits per heavy atom. The molecule has 0 saturated carbocycles. The van der Waals surface area contributed by atoms with Gasteiger partial charge in [-0.05, 0) is 57.0 Å². The van der Waals surface area contributed by atoms with Crippen LogP contribution in [-0.2, 0) is 9.53 Å². The lowest BCUT2D eigenvalue weighted by Gasteiger charge is -2.19. The number of carbonyl (C=O) groups is 2. The summed E-state index contributed by atoms with van der Waals surface area (Å²) in [6, 6.07) is 8.27. The van der Waals surface area contributed by atoms with Crippen LogP contribution < -0.4 is 20.7 Å². The topological polar surface area (TPSA) is 88.7 Å². The molecule has 0 aliphatic heterocycles. The highest BCUT2D eigenvalue weighted by Gasteiger charge is 2.17. The summed E-state index contributed by atoms with van der Waals surface area (Å²) in [6.45, 7) is 7.47. The molecular formula is C21H26ClN3O4. The Kier molecular flexibility index (Phi) is 7.73. The molecular weight excluding hydrogens is 394 g/mol. The number of amides is 2. The van der Waals surface area contributed by atoms with Crippen molar-refractivity contribution in [1.29, 1.82) is 0 Å². The summed E-state index contributed by atoms with van der Waals surface area (Å²) in [5, 5.41) is 9.28. The Bertz CT molecular complexity index is 902. The summed E-state index contributed by atoms with van der Waals surface area (Å²) in [6.07, 6.45) is -0.524. The maximum Gasteiger partial charge on any atom is 0.411 e. The van der Waals surface area contributed by atoms with Gasteiger partial charge in [0.1, 0.15) is 11.8 Å². The van der Waals surface area contributed by atoms with Crippen LogP contribution in [0, 0.1) is 13.8 Å². The van der Waals surface area contributed by atoms with E-state index >= 15 is 0 Å². The maximum absolute atomic E-state index is 12.7.